The summed E-state index contributed by atoms with van der Waals surface area (Å²) in [5.74, 6) is 0. The largest absolute Gasteiger partial charge is 0.0876 e. The van der Waals surface area contributed by atoms with E-state index in [0.717, 1.165) is 5.33 Å². The minimum Gasteiger partial charge on any atom is -0.0876 e. The number of rotatable bonds is 4. The Morgan fingerprint density at radius 2 is 1.50 bits per heavy atom. The van der Waals surface area contributed by atoms with Crippen LogP contribution >= 0.6 is 15.9 Å². The second-order valence-corrected chi connectivity index (χ2v) is 11.2. The van der Waals surface area contributed by atoms with Gasteiger partial charge in [-0.25, -0.2) is 0 Å². The summed E-state index contributed by atoms with van der Waals surface area (Å²) in [4.78, 5) is 0. The second-order valence-electron chi connectivity index (χ2n) is 5.01. The van der Waals surface area contributed by atoms with Crippen molar-refractivity contribution in [1.82, 2.24) is 0 Å². The zero-order valence-electron chi connectivity index (χ0n) is 9.31. The lowest BCUT2D eigenvalue weighted by Crippen LogP contribution is -2.19. The molecule has 0 aliphatic rings. The van der Waals surface area contributed by atoms with Crippen molar-refractivity contribution in [3.05, 3.63) is 35.4 Å². The molecule has 0 nitrogen and oxygen atoms in total. The van der Waals surface area contributed by atoms with Crippen molar-refractivity contribution in [2.75, 3.05) is 0 Å². The van der Waals surface area contributed by atoms with Crippen LogP contribution in [0.2, 0.25) is 25.7 Å². The predicted octanol–water partition coefficient (Wildman–Crippen LogP) is 4.46. The lowest BCUT2D eigenvalue weighted by Gasteiger charge is -2.15. The van der Waals surface area contributed by atoms with Crippen molar-refractivity contribution < 1.29 is 0 Å². The molecule has 0 aromatic heterocycles. The van der Waals surface area contributed by atoms with Gasteiger partial charge in [-0.15, -0.1) is 0 Å². The summed E-state index contributed by atoms with van der Waals surface area (Å²) < 4.78 is 0. The van der Waals surface area contributed by atoms with Gasteiger partial charge < -0.3 is 0 Å². The van der Waals surface area contributed by atoms with Crippen molar-refractivity contribution in [3.8, 4) is 0 Å². The molecule has 14 heavy (non-hydrogen) atoms. The molecule has 0 spiro atoms. The van der Waals surface area contributed by atoms with Gasteiger partial charge in [0.2, 0.25) is 0 Å². The summed E-state index contributed by atoms with van der Waals surface area (Å²) in [5, 5.41) is 0.960. The van der Waals surface area contributed by atoms with Gasteiger partial charge in [0.05, 0.1) is 0 Å². The molecule has 78 valence electrons. The Kier molecular flexibility index (Phi) is 4.39. The number of hydrogen-bond acceptors (Lipinski definition) is 0. The van der Waals surface area contributed by atoms with Gasteiger partial charge in [-0.05, 0) is 17.5 Å². The molecule has 0 aliphatic heterocycles. The molecule has 0 amide bonds. The van der Waals surface area contributed by atoms with Crippen molar-refractivity contribution in [3.63, 3.8) is 0 Å². The molecular formula is C12H19BrSi. The summed E-state index contributed by atoms with van der Waals surface area (Å²) in [6, 6.07) is 10.3. The third-order valence-corrected chi connectivity index (χ3v) is 4.74. The van der Waals surface area contributed by atoms with Crippen LogP contribution in [-0.4, -0.2) is 8.07 Å². The van der Waals surface area contributed by atoms with Gasteiger partial charge in [-0.1, -0.05) is 65.9 Å². The molecule has 0 radical (unpaired) electrons. The van der Waals surface area contributed by atoms with Crippen molar-refractivity contribution in [2.24, 2.45) is 0 Å². The molecule has 1 aromatic carbocycles. The van der Waals surface area contributed by atoms with Crippen LogP contribution < -0.4 is 0 Å². The first-order valence-corrected chi connectivity index (χ1v) is 9.98. The topological polar surface area (TPSA) is 0 Å². The summed E-state index contributed by atoms with van der Waals surface area (Å²) in [5.41, 5.74) is 2.85. The van der Waals surface area contributed by atoms with E-state index >= 15 is 0 Å². The first kappa shape index (κ1) is 12.0. The Bertz CT molecular complexity index is 271. The lowest BCUT2D eigenvalue weighted by molar-refractivity contribution is 1.09. The highest BCUT2D eigenvalue weighted by Crippen LogP contribution is 2.15. The van der Waals surface area contributed by atoms with Crippen LogP contribution in [0.3, 0.4) is 0 Å². The van der Waals surface area contributed by atoms with Gasteiger partial charge in [0.25, 0.3) is 0 Å². The summed E-state index contributed by atoms with van der Waals surface area (Å²) in [6.45, 7) is 7.29. The highest BCUT2D eigenvalue weighted by molar-refractivity contribution is 9.08. The van der Waals surface area contributed by atoms with E-state index in [1.165, 1.54) is 23.6 Å². The molecule has 0 fully saturated rings. The Labute approximate surface area is 96.9 Å². The monoisotopic (exact) mass is 270 g/mol. The number of benzene rings is 1. The molecule has 0 saturated heterocycles. The Balaban J connectivity index is 2.52. The van der Waals surface area contributed by atoms with E-state index in [1.54, 1.807) is 0 Å². The Hall–Kier alpha value is -0.0831. The first-order chi connectivity index (χ1) is 6.51. The SMILES string of the molecule is C[Si](C)(C)CCc1ccc(CBr)cc1. The molecule has 0 unspecified atom stereocenters. The van der Waals surface area contributed by atoms with Gasteiger partial charge in [-0.3, -0.25) is 0 Å². The third-order valence-electron chi connectivity index (χ3n) is 2.34. The van der Waals surface area contributed by atoms with Crippen LogP contribution in [0, 0.1) is 0 Å². The van der Waals surface area contributed by atoms with Crippen LogP contribution in [0.15, 0.2) is 24.3 Å². The van der Waals surface area contributed by atoms with Gasteiger partial charge >= 0.3 is 0 Å². The molecule has 0 heterocycles. The van der Waals surface area contributed by atoms with E-state index in [0.29, 0.717) is 0 Å². The van der Waals surface area contributed by atoms with Gasteiger partial charge in [-0.2, -0.15) is 0 Å². The summed E-state index contributed by atoms with van der Waals surface area (Å²) >= 11 is 3.46. The highest BCUT2D eigenvalue weighted by atomic mass is 79.9. The van der Waals surface area contributed by atoms with Gasteiger partial charge in [0.15, 0.2) is 0 Å². The lowest BCUT2D eigenvalue weighted by atomic mass is 10.1. The highest BCUT2D eigenvalue weighted by Gasteiger charge is 2.12. The maximum Gasteiger partial charge on any atom is 0.0445 e. The van der Waals surface area contributed by atoms with E-state index in [9.17, 15) is 0 Å². The van der Waals surface area contributed by atoms with Crippen LogP contribution in [0.1, 0.15) is 11.1 Å². The predicted molar refractivity (Wildman–Crippen MR) is 70.9 cm³/mol. The quantitative estimate of drug-likeness (QED) is 0.560. The molecule has 2 heteroatoms. The van der Waals surface area contributed by atoms with Crippen molar-refractivity contribution in [1.29, 1.82) is 0 Å². The number of alkyl halides is 1. The fraction of sp³-hybridized carbons (Fsp3) is 0.500. The van der Waals surface area contributed by atoms with E-state index < -0.39 is 8.07 Å². The van der Waals surface area contributed by atoms with Crippen LogP contribution in [-0.2, 0) is 11.8 Å². The van der Waals surface area contributed by atoms with Crippen LogP contribution in [0.5, 0.6) is 0 Å². The van der Waals surface area contributed by atoms with Crippen LogP contribution in [0.4, 0.5) is 0 Å². The maximum atomic E-state index is 3.46. The smallest absolute Gasteiger partial charge is 0.0445 e. The third kappa shape index (κ3) is 4.42. The molecule has 1 aromatic rings. The molecule has 0 N–H and O–H groups in total. The molecule has 0 atom stereocenters. The first-order valence-electron chi connectivity index (χ1n) is 5.15. The zero-order chi connectivity index (χ0) is 10.6. The fourth-order valence-corrected chi connectivity index (χ4v) is 2.73. The standard InChI is InChI=1S/C12H19BrSi/c1-14(2,3)9-8-11-4-6-12(10-13)7-5-11/h4-7H,8-10H2,1-3H3. The molecule has 0 aliphatic carbocycles. The van der Waals surface area contributed by atoms with E-state index in [-0.39, 0.29) is 0 Å². The number of halogens is 1. The Morgan fingerprint density at radius 1 is 1.00 bits per heavy atom. The minimum absolute atomic E-state index is 0.871. The van der Waals surface area contributed by atoms with Crippen molar-refractivity contribution in [2.45, 2.75) is 37.4 Å². The number of hydrogen-bond donors (Lipinski definition) is 0. The molecule has 0 bridgehead atoms. The summed E-state index contributed by atoms with van der Waals surface area (Å²) in [6.07, 6.45) is 1.25. The second kappa shape index (κ2) is 5.13. The molecule has 1 rings (SSSR count). The van der Waals surface area contributed by atoms with Gasteiger partial charge in [0, 0.05) is 13.4 Å². The summed E-state index contributed by atoms with van der Waals surface area (Å²) in [7, 11) is -0.871. The molecular weight excluding hydrogens is 252 g/mol. The van der Waals surface area contributed by atoms with Gasteiger partial charge in [0.1, 0.15) is 0 Å². The zero-order valence-corrected chi connectivity index (χ0v) is 11.9. The minimum atomic E-state index is -0.871. The molecule has 0 saturated carbocycles. The Morgan fingerprint density at radius 3 is 1.93 bits per heavy atom. The normalized spacial score (nSPS) is 11.7. The van der Waals surface area contributed by atoms with Crippen molar-refractivity contribution >= 4 is 24.0 Å². The van der Waals surface area contributed by atoms with E-state index in [2.05, 4.69) is 59.8 Å². The van der Waals surface area contributed by atoms with E-state index in [4.69, 9.17) is 0 Å². The number of aryl methyl sites for hydroxylation is 1. The fourth-order valence-electron chi connectivity index (χ4n) is 1.31. The van der Waals surface area contributed by atoms with Crippen LogP contribution in [0.25, 0.3) is 0 Å². The average Bonchev–Trinajstić information content (AvgIpc) is 2.14. The maximum absolute atomic E-state index is 3.46. The average molecular weight is 271 g/mol. The van der Waals surface area contributed by atoms with E-state index in [1.807, 2.05) is 0 Å².